The van der Waals surface area contributed by atoms with Crippen LogP contribution >= 0.6 is 0 Å². The van der Waals surface area contributed by atoms with Crippen molar-refractivity contribution in [2.45, 2.75) is 6.42 Å². The Kier molecular flexibility index (Phi) is 6.25. The molecule has 1 aliphatic rings. The minimum Gasteiger partial charge on any atom is -0.507 e. The maximum atomic E-state index is 12.6. The van der Waals surface area contributed by atoms with Crippen LogP contribution in [0.25, 0.3) is 10.8 Å². The number of aromatic carboxylic acids is 1. The highest BCUT2D eigenvalue weighted by molar-refractivity contribution is 6.01. The van der Waals surface area contributed by atoms with E-state index in [0.717, 1.165) is 18.7 Å². The number of phenolic OH excluding ortho intramolecular Hbond substituents is 2. The summed E-state index contributed by atoms with van der Waals surface area (Å²) >= 11 is 0. The number of phenols is 2. The summed E-state index contributed by atoms with van der Waals surface area (Å²) in [6, 6.07) is 12.7. The molecule has 0 atom stereocenters. The first kappa shape index (κ1) is 21.6. The van der Waals surface area contributed by atoms with Crippen LogP contribution in [0.4, 0.5) is 0 Å². The number of carboxylic acids is 1. The second kappa shape index (κ2) is 9.25. The third-order valence-electron chi connectivity index (χ3n) is 5.61. The van der Waals surface area contributed by atoms with Gasteiger partial charge in [0.25, 0.3) is 5.91 Å². The zero-order valence-corrected chi connectivity index (χ0v) is 17.4. The van der Waals surface area contributed by atoms with Crippen molar-refractivity contribution in [3.8, 4) is 11.5 Å². The van der Waals surface area contributed by atoms with Crippen LogP contribution in [0.5, 0.6) is 11.5 Å². The molecular formula is C24H24N2O6. The number of hydrogen-bond donors (Lipinski definition) is 4. The van der Waals surface area contributed by atoms with Gasteiger partial charge in [0.05, 0.1) is 25.4 Å². The number of amides is 1. The Balaban J connectivity index is 1.56. The smallest absolute Gasteiger partial charge is 0.335 e. The summed E-state index contributed by atoms with van der Waals surface area (Å²) in [6.07, 6.45) is 0.209. The Hall–Kier alpha value is -3.62. The normalized spacial score (nSPS) is 14.4. The number of morpholine rings is 1. The van der Waals surface area contributed by atoms with Crippen LogP contribution in [0.15, 0.2) is 48.5 Å². The van der Waals surface area contributed by atoms with Gasteiger partial charge in [-0.05, 0) is 41.3 Å². The second-order valence-electron chi connectivity index (χ2n) is 7.73. The summed E-state index contributed by atoms with van der Waals surface area (Å²) in [5.74, 6) is -1.45. The van der Waals surface area contributed by atoms with E-state index in [-0.39, 0.29) is 29.4 Å². The van der Waals surface area contributed by atoms with E-state index in [1.54, 1.807) is 36.4 Å². The van der Waals surface area contributed by atoms with E-state index >= 15 is 0 Å². The van der Waals surface area contributed by atoms with E-state index in [1.165, 1.54) is 12.1 Å². The molecule has 4 N–H and O–H groups in total. The number of fused-ring (bicyclic) bond motifs is 1. The van der Waals surface area contributed by atoms with Crippen LogP contribution in [0.3, 0.4) is 0 Å². The summed E-state index contributed by atoms with van der Waals surface area (Å²) in [5.41, 5.74) is 1.61. The fourth-order valence-corrected chi connectivity index (χ4v) is 3.74. The van der Waals surface area contributed by atoms with Gasteiger partial charge in [-0.1, -0.05) is 18.2 Å². The molecule has 3 aromatic carbocycles. The average molecular weight is 436 g/mol. The summed E-state index contributed by atoms with van der Waals surface area (Å²) in [4.78, 5) is 25.7. The van der Waals surface area contributed by atoms with E-state index in [2.05, 4.69) is 10.2 Å². The number of carbonyl (C=O) groups is 2. The third kappa shape index (κ3) is 4.66. The SMILES string of the molecule is O=C(O)c1ccc(Cc2c(O)cc3ccc(C(=O)NCN4CCOCC4)cc3c2O)cc1. The van der Waals surface area contributed by atoms with Gasteiger partial charge in [-0.15, -0.1) is 0 Å². The predicted molar refractivity (Wildman–Crippen MR) is 118 cm³/mol. The molecule has 1 saturated heterocycles. The number of carboxylic acid groups (broad SMARTS) is 1. The van der Waals surface area contributed by atoms with Crippen molar-refractivity contribution in [1.29, 1.82) is 0 Å². The van der Waals surface area contributed by atoms with E-state index in [4.69, 9.17) is 9.84 Å². The molecule has 1 amide bonds. The topological polar surface area (TPSA) is 119 Å². The largest absolute Gasteiger partial charge is 0.507 e. The summed E-state index contributed by atoms with van der Waals surface area (Å²) in [6.45, 7) is 3.22. The number of carbonyl (C=O) groups excluding carboxylic acids is 1. The molecule has 0 aliphatic carbocycles. The number of nitrogens with one attached hydrogen (secondary N) is 1. The second-order valence-corrected chi connectivity index (χ2v) is 7.73. The number of nitrogens with zero attached hydrogens (tertiary/aromatic N) is 1. The lowest BCUT2D eigenvalue weighted by atomic mass is 9.97. The van der Waals surface area contributed by atoms with E-state index in [0.29, 0.717) is 41.8 Å². The van der Waals surface area contributed by atoms with Crippen molar-refractivity contribution < 1.29 is 29.6 Å². The highest BCUT2D eigenvalue weighted by atomic mass is 16.5. The molecule has 0 unspecified atom stereocenters. The van der Waals surface area contributed by atoms with Gasteiger partial charge in [0.1, 0.15) is 11.5 Å². The number of rotatable bonds is 6. The van der Waals surface area contributed by atoms with Crippen molar-refractivity contribution >= 4 is 22.6 Å². The molecule has 0 spiro atoms. The summed E-state index contributed by atoms with van der Waals surface area (Å²) in [7, 11) is 0. The Morgan fingerprint density at radius 1 is 0.969 bits per heavy atom. The fraction of sp³-hybridized carbons (Fsp3) is 0.250. The zero-order chi connectivity index (χ0) is 22.7. The van der Waals surface area contributed by atoms with E-state index in [9.17, 15) is 19.8 Å². The number of ether oxygens (including phenoxy) is 1. The first-order valence-electron chi connectivity index (χ1n) is 10.3. The molecule has 0 bridgehead atoms. The molecule has 32 heavy (non-hydrogen) atoms. The minimum absolute atomic E-state index is 0.0677. The lowest BCUT2D eigenvalue weighted by molar-refractivity contribution is 0.0334. The lowest BCUT2D eigenvalue weighted by Gasteiger charge is -2.26. The van der Waals surface area contributed by atoms with E-state index in [1.807, 2.05) is 0 Å². The van der Waals surface area contributed by atoms with Gasteiger partial charge in [-0.25, -0.2) is 4.79 Å². The fourth-order valence-electron chi connectivity index (χ4n) is 3.74. The summed E-state index contributed by atoms with van der Waals surface area (Å²) in [5, 5.41) is 34.3. The van der Waals surface area contributed by atoms with Crippen LogP contribution < -0.4 is 5.32 Å². The van der Waals surface area contributed by atoms with Gasteiger partial charge in [-0.2, -0.15) is 0 Å². The number of aromatic hydroxyl groups is 2. The zero-order valence-electron chi connectivity index (χ0n) is 17.4. The molecule has 1 fully saturated rings. The first-order valence-corrected chi connectivity index (χ1v) is 10.3. The van der Waals surface area contributed by atoms with Gasteiger partial charge in [-0.3, -0.25) is 9.69 Å². The molecule has 0 aromatic heterocycles. The molecule has 0 saturated carbocycles. The highest BCUT2D eigenvalue weighted by Gasteiger charge is 2.17. The van der Waals surface area contributed by atoms with Crippen molar-refractivity contribution in [3.63, 3.8) is 0 Å². The minimum atomic E-state index is -1.02. The quantitative estimate of drug-likeness (QED) is 0.469. The van der Waals surface area contributed by atoms with Crippen LogP contribution in [-0.2, 0) is 11.2 Å². The van der Waals surface area contributed by atoms with Gasteiger partial charge >= 0.3 is 5.97 Å². The molecule has 8 nitrogen and oxygen atoms in total. The van der Waals surface area contributed by atoms with Crippen molar-refractivity contribution in [2.75, 3.05) is 33.0 Å². The van der Waals surface area contributed by atoms with Crippen LogP contribution in [0, 0.1) is 0 Å². The Morgan fingerprint density at radius 2 is 1.66 bits per heavy atom. The third-order valence-corrected chi connectivity index (χ3v) is 5.61. The van der Waals surface area contributed by atoms with Gasteiger partial charge in [0.2, 0.25) is 0 Å². The molecule has 3 aromatic rings. The molecule has 1 aliphatic heterocycles. The maximum Gasteiger partial charge on any atom is 0.335 e. The van der Waals surface area contributed by atoms with Crippen LogP contribution in [0.2, 0.25) is 0 Å². The molecular weight excluding hydrogens is 412 g/mol. The molecule has 4 rings (SSSR count). The van der Waals surface area contributed by atoms with Crippen molar-refractivity contribution in [2.24, 2.45) is 0 Å². The molecule has 0 radical (unpaired) electrons. The predicted octanol–water partition coefficient (Wildman–Crippen LogP) is 2.56. The van der Waals surface area contributed by atoms with Crippen molar-refractivity contribution in [1.82, 2.24) is 10.2 Å². The molecule has 8 heteroatoms. The Bertz CT molecular complexity index is 1150. The lowest BCUT2D eigenvalue weighted by Crippen LogP contribution is -2.43. The van der Waals surface area contributed by atoms with E-state index < -0.39 is 5.97 Å². The Labute approximate surface area is 184 Å². The van der Waals surface area contributed by atoms with Gasteiger partial charge in [0, 0.05) is 36.0 Å². The average Bonchev–Trinajstić information content (AvgIpc) is 2.81. The van der Waals surface area contributed by atoms with Gasteiger partial charge in [0.15, 0.2) is 0 Å². The first-order chi connectivity index (χ1) is 15.4. The standard InChI is InChI=1S/C24H24N2O6/c27-21-13-17-5-6-18(23(29)25-14-26-7-9-32-10-8-26)12-19(17)22(28)20(21)11-15-1-3-16(4-2-15)24(30)31/h1-6,12-13,27-28H,7-11,14H2,(H,25,29)(H,30,31). The van der Waals surface area contributed by atoms with Crippen molar-refractivity contribution in [3.05, 3.63) is 70.8 Å². The van der Waals surface area contributed by atoms with Gasteiger partial charge < -0.3 is 25.4 Å². The van der Waals surface area contributed by atoms with Crippen LogP contribution in [0.1, 0.15) is 31.8 Å². The number of benzene rings is 3. The molecule has 1 heterocycles. The summed E-state index contributed by atoms with van der Waals surface area (Å²) < 4.78 is 5.30. The maximum absolute atomic E-state index is 12.6. The highest BCUT2D eigenvalue weighted by Crippen LogP contribution is 2.37. The monoisotopic (exact) mass is 436 g/mol. The molecule has 166 valence electrons. The Morgan fingerprint density at radius 3 is 2.34 bits per heavy atom. The van der Waals surface area contributed by atoms with Crippen LogP contribution in [-0.4, -0.2) is 65.1 Å². The number of hydrogen-bond acceptors (Lipinski definition) is 6.